The van der Waals surface area contributed by atoms with Crippen LogP contribution in [0.15, 0.2) is 48.5 Å². The maximum Gasteiger partial charge on any atom is 0.342 e. The maximum absolute atomic E-state index is 14.3. The molecule has 0 saturated carbocycles. The Kier molecular flexibility index (Phi) is 13.2. The lowest BCUT2D eigenvalue weighted by molar-refractivity contribution is -0.122. The van der Waals surface area contributed by atoms with Gasteiger partial charge in [0.1, 0.15) is 28.7 Å². The minimum Gasteiger partial charge on any atom is -0.507 e. The van der Waals surface area contributed by atoms with E-state index in [0.717, 1.165) is 17.5 Å². The van der Waals surface area contributed by atoms with Gasteiger partial charge in [0.15, 0.2) is 11.5 Å². The van der Waals surface area contributed by atoms with Gasteiger partial charge < -0.3 is 39.5 Å². The number of aromatic nitrogens is 2. The third kappa shape index (κ3) is 8.98. The average molecular weight is 742 g/mol. The zero-order valence-corrected chi connectivity index (χ0v) is 31.9. The van der Waals surface area contributed by atoms with Crippen molar-refractivity contribution in [1.29, 1.82) is 0 Å². The number of Topliss-reactive ketones (excluding diaryl/α,β-unsaturated/α-hetero) is 1. The van der Waals surface area contributed by atoms with E-state index in [4.69, 9.17) is 23.9 Å². The van der Waals surface area contributed by atoms with Gasteiger partial charge in [-0.2, -0.15) is 0 Å². The number of ether oxygens (including phenoxy) is 4. The number of H-pyrrole nitrogens is 1. The van der Waals surface area contributed by atoms with Crippen LogP contribution in [0.3, 0.4) is 0 Å². The monoisotopic (exact) mass is 741 g/mol. The SMILES string of the molecule is CC[C@H](C)[C@H](NC(=O)CC(c1cc(OC)c(OC)c(OC)c1)c1c(O)cc2c(c1O)C(=O)O[C@@H](C)CCCC(=O)CCC/C=C/2)c1nc2ccccc2[nH]1. The smallest absolute Gasteiger partial charge is 0.342 e. The second kappa shape index (κ2) is 18.0. The first-order valence-corrected chi connectivity index (χ1v) is 18.5. The number of phenolic OH excluding ortho intramolecular Hbond substituents is 2. The Hall–Kier alpha value is -5.52. The number of aromatic amines is 1. The molecule has 0 spiro atoms. The molecule has 4 aromatic rings. The van der Waals surface area contributed by atoms with E-state index in [2.05, 4.69) is 10.3 Å². The van der Waals surface area contributed by atoms with Crippen molar-refractivity contribution in [3.8, 4) is 28.7 Å². The summed E-state index contributed by atoms with van der Waals surface area (Å²) in [7, 11) is 4.40. The highest BCUT2D eigenvalue weighted by atomic mass is 16.5. The highest BCUT2D eigenvalue weighted by molar-refractivity contribution is 5.98. The van der Waals surface area contributed by atoms with E-state index < -0.39 is 35.7 Å². The number of hydrogen-bond donors (Lipinski definition) is 4. The summed E-state index contributed by atoms with van der Waals surface area (Å²) in [6.07, 6.45) is 6.41. The predicted molar refractivity (Wildman–Crippen MR) is 205 cm³/mol. The maximum atomic E-state index is 14.3. The Morgan fingerprint density at radius 3 is 2.41 bits per heavy atom. The number of benzene rings is 3. The van der Waals surface area contributed by atoms with Gasteiger partial charge in [0.05, 0.1) is 44.5 Å². The molecule has 0 radical (unpaired) electrons. The van der Waals surface area contributed by atoms with Crippen LogP contribution in [-0.4, -0.2) is 65.3 Å². The molecular weight excluding hydrogens is 690 g/mol. The predicted octanol–water partition coefficient (Wildman–Crippen LogP) is 7.91. The van der Waals surface area contributed by atoms with Crippen LogP contribution in [0, 0.1) is 5.92 Å². The van der Waals surface area contributed by atoms with Gasteiger partial charge in [-0.1, -0.05) is 44.6 Å². The van der Waals surface area contributed by atoms with Gasteiger partial charge in [-0.25, -0.2) is 9.78 Å². The standard InChI is InChI=1S/C42H51N3O9/c1-7-24(2)38(41-43-30-18-11-12-19-31(30)44-41)45-35(48)23-29(27-21-33(51-4)40(53-6)34(22-27)52-5)37-32(47)20-26-15-9-8-10-16-28(46)17-13-14-25(3)54-42(50)36(26)39(37)49/h9,11-12,15,18-22,24-25,29,38,47,49H,7-8,10,13-14,16-17,23H2,1-6H3,(H,43,44)(H,45,48)/b15-9+/t24-,25-,29?,38-/m0/s1. The van der Waals surface area contributed by atoms with Gasteiger partial charge in [0, 0.05) is 30.7 Å². The molecule has 12 heteroatoms. The van der Waals surface area contributed by atoms with Gasteiger partial charge >= 0.3 is 5.97 Å². The molecule has 0 bridgehead atoms. The van der Waals surface area contributed by atoms with Crippen molar-refractivity contribution in [1.82, 2.24) is 15.3 Å². The van der Waals surface area contributed by atoms with Crippen LogP contribution < -0.4 is 19.5 Å². The van der Waals surface area contributed by atoms with Gasteiger partial charge in [-0.15, -0.1) is 0 Å². The van der Waals surface area contributed by atoms with Crippen LogP contribution in [0.1, 0.15) is 117 Å². The minimum absolute atomic E-state index is 0.0103. The molecule has 4 N–H and O–H groups in total. The number of ketones is 1. The molecule has 4 atom stereocenters. The van der Waals surface area contributed by atoms with Crippen LogP contribution in [0.2, 0.25) is 0 Å². The van der Waals surface area contributed by atoms with E-state index in [1.807, 2.05) is 38.1 Å². The Morgan fingerprint density at radius 2 is 1.74 bits per heavy atom. The van der Waals surface area contributed by atoms with Crippen LogP contribution in [0.4, 0.5) is 0 Å². The number of aromatic hydroxyl groups is 2. The number of imidazole rings is 1. The summed E-state index contributed by atoms with van der Waals surface area (Å²) in [6.45, 7) is 5.80. The lowest BCUT2D eigenvalue weighted by atomic mass is 9.84. The molecule has 12 nitrogen and oxygen atoms in total. The van der Waals surface area contributed by atoms with Crippen molar-refractivity contribution in [2.24, 2.45) is 5.92 Å². The number of carbonyl (C=O) groups is 3. The number of phenols is 2. The first-order valence-electron chi connectivity index (χ1n) is 18.5. The number of rotatable bonds is 11. The molecule has 1 unspecified atom stereocenters. The first-order chi connectivity index (χ1) is 26.0. The van der Waals surface area contributed by atoms with Crippen molar-refractivity contribution < 1.29 is 43.5 Å². The Labute approximate surface area is 315 Å². The fraction of sp³-hybridized carbons (Fsp3) is 0.429. The molecule has 2 heterocycles. The molecule has 3 aromatic carbocycles. The molecule has 1 aliphatic heterocycles. The molecular formula is C42H51N3O9. The quantitative estimate of drug-likeness (QED) is 0.111. The van der Waals surface area contributed by atoms with E-state index in [1.165, 1.54) is 27.4 Å². The minimum atomic E-state index is -1.02. The van der Waals surface area contributed by atoms with Crippen molar-refractivity contribution in [2.45, 2.75) is 90.2 Å². The number of hydrogen-bond acceptors (Lipinski definition) is 10. The average Bonchev–Trinajstić information content (AvgIpc) is 3.59. The number of methoxy groups -OCH3 is 3. The van der Waals surface area contributed by atoms with E-state index in [0.29, 0.717) is 67.2 Å². The Balaban J connectivity index is 1.63. The number of para-hydroxylation sites is 2. The van der Waals surface area contributed by atoms with Crippen molar-refractivity contribution in [3.63, 3.8) is 0 Å². The van der Waals surface area contributed by atoms with Crippen LogP contribution in [0.5, 0.6) is 28.7 Å². The second-order valence-corrected chi connectivity index (χ2v) is 13.8. The molecule has 0 aliphatic carbocycles. The third-order valence-corrected chi connectivity index (χ3v) is 10.1. The lowest BCUT2D eigenvalue weighted by Gasteiger charge is -2.26. The van der Waals surface area contributed by atoms with E-state index >= 15 is 0 Å². The lowest BCUT2D eigenvalue weighted by Crippen LogP contribution is -2.34. The van der Waals surface area contributed by atoms with E-state index in [-0.39, 0.29) is 40.6 Å². The molecule has 288 valence electrons. The van der Waals surface area contributed by atoms with Crippen LogP contribution in [0.25, 0.3) is 17.1 Å². The van der Waals surface area contributed by atoms with E-state index in [1.54, 1.807) is 31.2 Å². The number of allylic oxidation sites excluding steroid dienone is 1. The molecule has 0 saturated heterocycles. The molecule has 5 rings (SSSR count). The Morgan fingerprint density at radius 1 is 1.04 bits per heavy atom. The number of fused-ring (bicyclic) bond motifs is 2. The fourth-order valence-electron chi connectivity index (χ4n) is 6.96. The first kappa shape index (κ1) is 39.7. The van der Waals surface area contributed by atoms with Crippen molar-refractivity contribution in [2.75, 3.05) is 21.3 Å². The van der Waals surface area contributed by atoms with Crippen LogP contribution in [-0.2, 0) is 14.3 Å². The summed E-state index contributed by atoms with van der Waals surface area (Å²) >= 11 is 0. The number of esters is 1. The number of nitrogens with one attached hydrogen (secondary N) is 2. The second-order valence-electron chi connectivity index (χ2n) is 13.8. The number of carbonyl (C=O) groups excluding carboxylic acids is 3. The number of nitrogens with zero attached hydrogens (tertiary/aromatic N) is 1. The largest absolute Gasteiger partial charge is 0.507 e. The summed E-state index contributed by atoms with van der Waals surface area (Å²) < 4.78 is 22.6. The molecule has 1 aliphatic rings. The number of amides is 1. The number of cyclic esters (lactones) is 1. The molecule has 1 amide bonds. The zero-order chi connectivity index (χ0) is 38.9. The molecule has 54 heavy (non-hydrogen) atoms. The molecule has 0 fully saturated rings. The molecule has 1 aromatic heterocycles. The summed E-state index contributed by atoms with van der Waals surface area (Å²) in [6, 6.07) is 11.8. The highest BCUT2D eigenvalue weighted by Crippen LogP contribution is 2.48. The zero-order valence-electron chi connectivity index (χ0n) is 31.9. The van der Waals surface area contributed by atoms with Crippen LogP contribution >= 0.6 is 0 Å². The normalized spacial score (nSPS) is 17.7. The Bertz CT molecular complexity index is 1940. The van der Waals surface area contributed by atoms with Gasteiger partial charge in [-0.05, 0) is 80.0 Å². The highest BCUT2D eigenvalue weighted by Gasteiger charge is 2.33. The topological polar surface area (TPSA) is 169 Å². The van der Waals surface area contributed by atoms with Crippen molar-refractivity contribution >= 4 is 34.8 Å². The van der Waals surface area contributed by atoms with Gasteiger partial charge in [-0.3, -0.25) is 9.59 Å². The third-order valence-electron chi connectivity index (χ3n) is 10.1. The van der Waals surface area contributed by atoms with Gasteiger partial charge in [0.25, 0.3) is 0 Å². The summed E-state index contributed by atoms with van der Waals surface area (Å²) in [4.78, 5) is 48.6. The summed E-state index contributed by atoms with van der Waals surface area (Å²) in [5.41, 5.74) is 2.10. The fourth-order valence-corrected chi connectivity index (χ4v) is 6.96. The van der Waals surface area contributed by atoms with E-state index in [9.17, 15) is 24.6 Å². The van der Waals surface area contributed by atoms with Crippen molar-refractivity contribution in [3.05, 3.63) is 76.6 Å². The summed E-state index contributed by atoms with van der Waals surface area (Å²) in [5, 5.41) is 27.0. The summed E-state index contributed by atoms with van der Waals surface area (Å²) in [5.74, 6) is -1.41. The van der Waals surface area contributed by atoms with Gasteiger partial charge in [0.2, 0.25) is 11.7 Å².